The predicted molar refractivity (Wildman–Crippen MR) is 66.1 cm³/mol. The van der Waals surface area contributed by atoms with Gasteiger partial charge in [-0.25, -0.2) is 0 Å². The summed E-state index contributed by atoms with van der Waals surface area (Å²) < 4.78 is 0. The number of benzene rings is 1. The van der Waals surface area contributed by atoms with E-state index in [9.17, 15) is 0 Å². The zero-order valence-corrected chi connectivity index (χ0v) is 12.6. The quantitative estimate of drug-likeness (QED) is 0.696. The van der Waals surface area contributed by atoms with Gasteiger partial charge in [0.15, 0.2) is 0 Å². The van der Waals surface area contributed by atoms with Crippen molar-refractivity contribution in [3.63, 3.8) is 0 Å². The molecule has 3 rings (SSSR count). The van der Waals surface area contributed by atoms with Crippen LogP contribution in [-0.4, -0.2) is 0 Å². The van der Waals surface area contributed by atoms with Crippen LogP contribution in [0.2, 0.25) is 0 Å². The summed E-state index contributed by atoms with van der Waals surface area (Å²) in [5.74, 6) is 1.59. The third kappa shape index (κ3) is 2.10. The maximum absolute atomic E-state index is 2.27. The third-order valence-corrected chi connectivity index (χ3v) is 3.93. The Balaban J connectivity index is 0.000000963. The SMILES string of the molecule is C[C-]1Cc2cccc(-c3cccs3)c2C1.[Zr]. The average Bonchev–Trinajstić information content (AvgIpc) is 2.82. The number of thiophene rings is 1. The summed E-state index contributed by atoms with van der Waals surface area (Å²) in [4.78, 5) is 1.40. The maximum atomic E-state index is 2.27. The molecule has 0 radical (unpaired) electrons. The molecule has 2 aromatic rings. The molecule has 0 N–H and O–H groups in total. The van der Waals surface area contributed by atoms with E-state index >= 15 is 0 Å². The minimum atomic E-state index is 0. The van der Waals surface area contributed by atoms with Crippen molar-refractivity contribution in [2.45, 2.75) is 19.8 Å². The van der Waals surface area contributed by atoms with Crippen LogP contribution in [0.5, 0.6) is 0 Å². The van der Waals surface area contributed by atoms with Crippen LogP contribution < -0.4 is 0 Å². The first-order chi connectivity index (χ1) is 7.34. The summed E-state index contributed by atoms with van der Waals surface area (Å²) in [7, 11) is 0. The molecular weight excluding hydrogens is 291 g/mol. The monoisotopic (exact) mass is 303 g/mol. The molecule has 0 saturated heterocycles. The number of fused-ring (bicyclic) bond motifs is 1. The summed E-state index contributed by atoms with van der Waals surface area (Å²) in [5.41, 5.74) is 4.52. The van der Waals surface area contributed by atoms with Crippen molar-refractivity contribution in [1.29, 1.82) is 0 Å². The molecule has 16 heavy (non-hydrogen) atoms. The van der Waals surface area contributed by atoms with Crippen LogP contribution in [0.25, 0.3) is 10.4 Å². The van der Waals surface area contributed by atoms with Crippen molar-refractivity contribution in [3.05, 3.63) is 52.8 Å². The third-order valence-electron chi connectivity index (χ3n) is 3.03. The van der Waals surface area contributed by atoms with Crippen LogP contribution in [0.4, 0.5) is 0 Å². The molecule has 1 aliphatic carbocycles. The number of hydrogen-bond acceptors (Lipinski definition) is 1. The maximum Gasteiger partial charge on any atom is 0.0344 e. The van der Waals surface area contributed by atoms with Gasteiger partial charge < -0.3 is 5.92 Å². The normalized spacial score (nSPS) is 14.6. The van der Waals surface area contributed by atoms with E-state index in [0.717, 1.165) is 0 Å². The number of rotatable bonds is 1. The van der Waals surface area contributed by atoms with E-state index in [1.807, 2.05) is 11.3 Å². The summed E-state index contributed by atoms with van der Waals surface area (Å²) in [6, 6.07) is 11.1. The van der Waals surface area contributed by atoms with E-state index in [1.165, 1.54) is 28.8 Å². The van der Waals surface area contributed by atoms with Crippen LogP contribution in [0.1, 0.15) is 18.1 Å². The Morgan fingerprint density at radius 3 is 2.75 bits per heavy atom. The summed E-state index contributed by atoms with van der Waals surface area (Å²) in [6.45, 7) is 2.26. The zero-order chi connectivity index (χ0) is 10.3. The predicted octanol–water partition coefficient (Wildman–Crippen LogP) is 4.11. The van der Waals surface area contributed by atoms with Crippen LogP contribution in [0, 0.1) is 5.92 Å². The zero-order valence-electron chi connectivity index (χ0n) is 9.29. The van der Waals surface area contributed by atoms with Crippen molar-refractivity contribution >= 4 is 11.3 Å². The Hall–Kier alpha value is -0.197. The van der Waals surface area contributed by atoms with Crippen LogP contribution in [0.15, 0.2) is 35.7 Å². The molecular formula is C14H13SZr-. The Bertz CT molecular complexity index is 473. The fraction of sp³-hybridized carbons (Fsp3) is 0.214. The summed E-state index contributed by atoms with van der Waals surface area (Å²) in [6.07, 6.45) is 2.35. The molecule has 0 aliphatic heterocycles. The second-order valence-electron chi connectivity index (χ2n) is 4.23. The van der Waals surface area contributed by atoms with Crippen LogP contribution in [-0.2, 0) is 39.0 Å². The molecule has 2 heteroatoms. The second-order valence-corrected chi connectivity index (χ2v) is 5.18. The van der Waals surface area contributed by atoms with Gasteiger partial charge in [-0.3, -0.25) is 0 Å². The summed E-state index contributed by atoms with van der Waals surface area (Å²) >= 11 is 1.83. The molecule has 80 valence electrons. The average molecular weight is 305 g/mol. The number of hydrogen-bond donors (Lipinski definition) is 0. The molecule has 0 amide bonds. The van der Waals surface area contributed by atoms with Gasteiger partial charge in [0.1, 0.15) is 0 Å². The Morgan fingerprint density at radius 1 is 1.12 bits per heavy atom. The van der Waals surface area contributed by atoms with Gasteiger partial charge in [0, 0.05) is 31.1 Å². The van der Waals surface area contributed by atoms with Gasteiger partial charge in [0.2, 0.25) is 0 Å². The van der Waals surface area contributed by atoms with Crippen molar-refractivity contribution in [2.24, 2.45) is 0 Å². The van der Waals surface area contributed by atoms with Crippen molar-refractivity contribution < 1.29 is 26.2 Å². The first-order valence-corrected chi connectivity index (χ1v) is 6.18. The van der Waals surface area contributed by atoms with Gasteiger partial charge in [0.25, 0.3) is 0 Å². The molecule has 0 nitrogen and oxygen atoms in total. The van der Waals surface area contributed by atoms with Gasteiger partial charge in [-0.05, 0) is 17.0 Å². The van der Waals surface area contributed by atoms with Gasteiger partial charge in [0.05, 0.1) is 0 Å². The van der Waals surface area contributed by atoms with E-state index in [-0.39, 0.29) is 26.2 Å². The molecule has 1 aliphatic rings. The molecule has 0 saturated carbocycles. The topological polar surface area (TPSA) is 0 Å². The van der Waals surface area contributed by atoms with Crippen LogP contribution in [0.3, 0.4) is 0 Å². The Kier molecular flexibility index (Phi) is 3.82. The van der Waals surface area contributed by atoms with Gasteiger partial charge in [-0.2, -0.15) is 19.8 Å². The van der Waals surface area contributed by atoms with E-state index in [4.69, 9.17) is 0 Å². The van der Waals surface area contributed by atoms with Crippen molar-refractivity contribution in [3.8, 4) is 10.4 Å². The molecule has 0 unspecified atom stereocenters. The first kappa shape index (κ1) is 12.3. The fourth-order valence-electron chi connectivity index (χ4n) is 2.36. The minimum Gasteiger partial charge on any atom is -0.308 e. The molecule has 0 fully saturated rings. The summed E-state index contributed by atoms with van der Waals surface area (Å²) in [5, 5.41) is 2.15. The van der Waals surface area contributed by atoms with E-state index in [0.29, 0.717) is 0 Å². The molecule has 0 atom stereocenters. The van der Waals surface area contributed by atoms with Gasteiger partial charge in [-0.15, -0.1) is 11.3 Å². The first-order valence-electron chi connectivity index (χ1n) is 5.30. The molecule has 1 aromatic heterocycles. The van der Waals surface area contributed by atoms with Crippen molar-refractivity contribution in [2.75, 3.05) is 0 Å². The molecule has 1 aromatic carbocycles. The van der Waals surface area contributed by atoms with E-state index < -0.39 is 0 Å². The molecule has 0 spiro atoms. The van der Waals surface area contributed by atoms with E-state index in [2.05, 4.69) is 42.6 Å². The molecule has 1 heterocycles. The van der Waals surface area contributed by atoms with Gasteiger partial charge in [-0.1, -0.05) is 35.4 Å². The van der Waals surface area contributed by atoms with E-state index in [1.54, 1.807) is 11.5 Å². The molecule has 0 bridgehead atoms. The fourth-order valence-corrected chi connectivity index (χ4v) is 3.14. The van der Waals surface area contributed by atoms with Gasteiger partial charge >= 0.3 is 0 Å². The standard InChI is InChI=1S/C14H13S.Zr/c1-10-8-11-4-2-5-12(13(11)9-10)14-6-3-7-15-14;/h2-7H,8-9H2,1H3;/q-1;. The second kappa shape index (κ2) is 4.98. The Labute approximate surface area is 120 Å². The largest absolute Gasteiger partial charge is 0.308 e. The van der Waals surface area contributed by atoms with Crippen molar-refractivity contribution in [1.82, 2.24) is 0 Å². The Morgan fingerprint density at radius 2 is 2.00 bits per heavy atom. The smallest absolute Gasteiger partial charge is 0.0344 e. The minimum absolute atomic E-state index is 0. The van der Waals surface area contributed by atoms with Crippen LogP contribution >= 0.6 is 11.3 Å².